The van der Waals surface area contributed by atoms with Gasteiger partial charge >= 0.3 is 0 Å². The summed E-state index contributed by atoms with van der Waals surface area (Å²) < 4.78 is 7.34. The molecule has 0 amide bonds. The van der Waals surface area contributed by atoms with E-state index in [2.05, 4.69) is 25.7 Å². The predicted octanol–water partition coefficient (Wildman–Crippen LogP) is 0.185. The molecule has 1 aromatic rings. The minimum absolute atomic E-state index is 0.431. The van der Waals surface area contributed by atoms with Gasteiger partial charge in [-0.25, -0.2) is 4.99 Å². The van der Waals surface area contributed by atoms with Crippen molar-refractivity contribution in [3.05, 3.63) is 11.6 Å². The zero-order valence-electron chi connectivity index (χ0n) is 17.4. The van der Waals surface area contributed by atoms with Crippen molar-refractivity contribution < 1.29 is 9.84 Å². The molecule has 1 saturated heterocycles. The van der Waals surface area contributed by atoms with Crippen molar-refractivity contribution in [2.75, 3.05) is 39.4 Å². The van der Waals surface area contributed by atoms with Gasteiger partial charge in [0.25, 0.3) is 0 Å². The normalized spacial score (nSPS) is 21.6. The maximum atomic E-state index is 10.9. The highest BCUT2D eigenvalue weighted by molar-refractivity contribution is 5.80. The second kappa shape index (κ2) is 9.67. The van der Waals surface area contributed by atoms with Crippen LogP contribution in [0.3, 0.4) is 0 Å². The predicted molar refractivity (Wildman–Crippen MR) is 108 cm³/mol. The van der Waals surface area contributed by atoms with Crippen LogP contribution >= 0.6 is 0 Å². The fraction of sp³-hybridized carbons (Fsp3) is 0.842. The third-order valence-electron chi connectivity index (χ3n) is 5.56. The molecule has 0 bridgehead atoms. The van der Waals surface area contributed by atoms with Gasteiger partial charge in [-0.2, -0.15) is 0 Å². The number of aryl methyl sites for hydroxylation is 1. The Bertz CT molecular complexity index is 647. The summed E-state index contributed by atoms with van der Waals surface area (Å²) in [6, 6.07) is 0.441. The second-order valence-corrected chi connectivity index (χ2v) is 8.25. The Balaban J connectivity index is 1.59. The highest BCUT2D eigenvalue weighted by Crippen LogP contribution is 2.17. The second-order valence-electron chi connectivity index (χ2n) is 8.25. The Morgan fingerprint density at radius 2 is 2.00 bits per heavy atom. The van der Waals surface area contributed by atoms with Gasteiger partial charge in [0, 0.05) is 39.3 Å². The van der Waals surface area contributed by atoms with E-state index in [1.54, 1.807) is 0 Å². The molecule has 28 heavy (non-hydrogen) atoms. The Kier molecular flexibility index (Phi) is 7.25. The first-order valence-corrected chi connectivity index (χ1v) is 10.4. The molecule has 9 heteroatoms. The number of β-amino-alcohol motifs (C(OH)–C–C–N with tert-alkyl or cyclic N) is 1. The molecule has 1 aliphatic heterocycles. The molecule has 2 aliphatic rings. The number of nitrogens with one attached hydrogen (secondary N) is 2. The van der Waals surface area contributed by atoms with E-state index < -0.39 is 5.60 Å². The fourth-order valence-electron chi connectivity index (χ4n) is 3.73. The van der Waals surface area contributed by atoms with Crippen LogP contribution in [0.25, 0.3) is 0 Å². The van der Waals surface area contributed by atoms with Crippen LogP contribution in [0.4, 0.5) is 0 Å². The molecule has 9 nitrogen and oxygen atoms in total. The minimum Gasteiger partial charge on any atom is -0.387 e. The van der Waals surface area contributed by atoms with E-state index >= 15 is 0 Å². The molecule has 0 aromatic carbocycles. The lowest BCUT2D eigenvalue weighted by Crippen LogP contribution is -2.53. The summed E-state index contributed by atoms with van der Waals surface area (Å²) in [4.78, 5) is 6.95. The van der Waals surface area contributed by atoms with Gasteiger partial charge in [-0.05, 0) is 26.7 Å². The molecule has 1 atom stereocenters. The topological polar surface area (TPSA) is 99.8 Å². The van der Waals surface area contributed by atoms with Crippen LogP contribution < -0.4 is 10.6 Å². The monoisotopic (exact) mass is 393 g/mol. The average Bonchev–Trinajstić information content (AvgIpc) is 3.29. The van der Waals surface area contributed by atoms with Gasteiger partial charge in [0.2, 0.25) is 0 Å². The largest absolute Gasteiger partial charge is 0.387 e. The molecular weight excluding hydrogens is 358 g/mol. The minimum atomic E-state index is -0.850. The lowest BCUT2D eigenvalue weighted by Gasteiger charge is -2.34. The van der Waals surface area contributed by atoms with Crippen molar-refractivity contribution in [2.24, 2.45) is 12.0 Å². The molecule has 158 valence electrons. The summed E-state index contributed by atoms with van der Waals surface area (Å²) >= 11 is 0. The van der Waals surface area contributed by atoms with Crippen LogP contribution in [-0.2, 0) is 18.3 Å². The number of morpholine rings is 1. The summed E-state index contributed by atoms with van der Waals surface area (Å²) in [6.45, 7) is 8.49. The maximum Gasteiger partial charge on any atom is 0.192 e. The third kappa shape index (κ3) is 6.15. The lowest BCUT2D eigenvalue weighted by molar-refractivity contribution is -0.0201. The van der Waals surface area contributed by atoms with Crippen LogP contribution in [0.1, 0.15) is 44.3 Å². The number of guanidine groups is 1. The van der Waals surface area contributed by atoms with E-state index in [4.69, 9.17) is 9.73 Å². The first-order chi connectivity index (χ1) is 13.4. The highest BCUT2D eigenvalue weighted by atomic mass is 16.5. The molecule has 1 unspecified atom stereocenters. The van der Waals surface area contributed by atoms with E-state index in [0.29, 0.717) is 25.7 Å². The van der Waals surface area contributed by atoms with E-state index in [1.807, 2.05) is 25.5 Å². The van der Waals surface area contributed by atoms with E-state index in [-0.39, 0.29) is 0 Å². The van der Waals surface area contributed by atoms with Crippen molar-refractivity contribution in [1.82, 2.24) is 30.3 Å². The molecule has 1 saturated carbocycles. The van der Waals surface area contributed by atoms with Crippen LogP contribution in [-0.4, -0.2) is 81.8 Å². The van der Waals surface area contributed by atoms with Crippen molar-refractivity contribution in [3.63, 3.8) is 0 Å². The van der Waals surface area contributed by atoms with Gasteiger partial charge in [-0.3, -0.25) is 4.90 Å². The number of aliphatic hydroxyl groups is 1. The van der Waals surface area contributed by atoms with E-state index in [1.165, 1.54) is 12.8 Å². The first-order valence-electron chi connectivity index (χ1n) is 10.4. The van der Waals surface area contributed by atoms with Crippen LogP contribution in [0, 0.1) is 6.92 Å². The number of hydrogen-bond donors (Lipinski definition) is 3. The summed E-state index contributed by atoms with van der Waals surface area (Å²) in [7, 11) is 1.95. The Morgan fingerprint density at radius 1 is 1.29 bits per heavy atom. The Hall–Kier alpha value is -1.71. The summed E-state index contributed by atoms with van der Waals surface area (Å²) in [5, 5.41) is 26.0. The van der Waals surface area contributed by atoms with Crippen LogP contribution in [0.15, 0.2) is 4.99 Å². The highest BCUT2D eigenvalue weighted by Gasteiger charge is 2.26. The molecule has 2 heterocycles. The Morgan fingerprint density at radius 3 is 2.64 bits per heavy atom. The van der Waals surface area contributed by atoms with Crippen molar-refractivity contribution in [1.29, 1.82) is 0 Å². The number of rotatable bonds is 7. The number of aromatic nitrogens is 3. The van der Waals surface area contributed by atoms with Crippen molar-refractivity contribution in [2.45, 2.75) is 57.7 Å². The first kappa shape index (κ1) is 21.0. The molecule has 1 aromatic heterocycles. The molecule has 0 radical (unpaired) electrons. The average molecular weight is 394 g/mol. The fourth-order valence-corrected chi connectivity index (χ4v) is 3.73. The van der Waals surface area contributed by atoms with Gasteiger partial charge in [-0.1, -0.05) is 12.8 Å². The number of aliphatic imine (C=N–C) groups is 1. The Labute approximate surface area is 167 Å². The van der Waals surface area contributed by atoms with Gasteiger partial charge in [0.15, 0.2) is 11.8 Å². The zero-order valence-corrected chi connectivity index (χ0v) is 17.4. The van der Waals surface area contributed by atoms with Crippen LogP contribution in [0.2, 0.25) is 0 Å². The van der Waals surface area contributed by atoms with Crippen molar-refractivity contribution in [3.8, 4) is 0 Å². The number of nitrogens with zero attached hydrogens (tertiary/aromatic N) is 5. The summed E-state index contributed by atoms with van der Waals surface area (Å²) in [5.41, 5.74) is -0.850. The SMILES string of the molecule is Cc1nnc(CN=C(NCC(C)(O)CN2CCOCC2)NC2CCCC2)n1C. The quantitative estimate of drug-likeness (QED) is 0.449. The lowest BCUT2D eigenvalue weighted by atomic mass is 10.1. The molecule has 0 spiro atoms. The van der Waals surface area contributed by atoms with E-state index in [0.717, 1.165) is 56.8 Å². The maximum absolute atomic E-state index is 10.9. The molecule has 2 fully saturated rings. The van der Waals surface area contributed by atoms with E-state index in [9.17, 15) is 5.11 Å². The molecule has 3 rings (SSSR count). The van der Waals surface area contributed by atoms with Gasteiger partial charge in [0.1, 0.15) is 12.4 Å². The third-order valence-corrected chi connectivity index (χ3v) is 5.56. The van der Waals surface area contributed by atoms with Gasteiger partial charge < -0.3 is 25.0 Å². The smallest absolute Gasteiger partial charge is 0.192 e. The van der Waals surface area contributed by atoms with Crippen LogP contribution in [0.5, 0.6) is 0 Å². The molecule has 1 aliphatic carbocycles. The van der Waals surface area contributed by atoms with Gasteiger partial charge in [0.05, 0.1) is 18.8 Å². The molecule has 3 N–H and O–H groups in total. The standard InChI is InChI=1S/C19H35N7O2/c1-15-23-24-17(25(15)3)12-20-18(22-16-6-4-5-7-16)21-13-19(2,27)14-26-8-10-28-11-9-26/h16,27H,4-14H2,1-3H3,(H2,20,21,22). The number of hydrogen-bond acceptors (Lipinski definition) is 6. The number of ether oxygens (including phenoxy) is 1. The van der Waals surface area contributed by atoms with Crippen molar-refractivity contribution >= 4 is 5.96 Å². The van der Waals surface area contributed by atoms with Gasteiger partial charge in [-0.15, -0.1) is 10.2 Å². The zero-order chi connectivity index (χ0) is 20.0. The summed E-state index contributed by atoms with van der Waals surface area (Å²) in [5.74, 6) is 2.43. The molecular formula is C19H35N7O2. The summed E-state index contributed by atoms with van der Waals surface area (Å²) in [6.07, 6.45) is 4.83.